The predicted octanol–water partition coefficient (Wildman–Crippen LogP) is 5.39. The number of aromatic carboxylic acids is 1. The number of phenols is 1. The van der Waals surface area contributed by atoms with Crippen LogP contribution in [-0.4, -0.2) is 39.9 Å². The highest BCUT2D eigenvalue weighted by atomic mass is 79.9. The van der Waals surface area contributed by atoms with E-state index in [1.54, 1.807) is 12.1 Å². The number of aromatic hydroxyl groups is 1. The lowest BCUT2D eigenvalue weighted by Gasteiger charge is -2.22. The van der Waals surface area contributed by atoms with Crippen LogP contribution in [0, 0.1) is 0 Å². The number of phenolic OH excluding ortho intramolecular Hbond substituents is 1. The molecular weight excluding hydrogens is 495 g/mol. The highest BCUT2D eigenvalue weighted by Gasteiger charge is 2.30. The molecule has 0 spiro atoms. The van der Waals surface area contributed by atoms with Gasteiger partial charge in [0.1, 0.15) is 5.75 Å². The lowest BCUT2D eigenvalue weighted by molar-refractivity contribution is -0.137. The Kier molecular flexibility index (Phi) is 9.65. The Balaban J connectivity index is 0.000000271. The zero-order chi connectivity index (χ0) is 20.4. The Bertz CT molecular complexity index is 701. The molecule has 0 aromatic heterocycles. The molecule has 0 bridgehead atoms. The first kappa shape index (κ1) is 23.3. The van der Waals surface area contributed by atoms with Gasteiger partial charge >= 0.3 is 12.1 Å². The first-order valence-corrected chi connectivity index (χ1v) is 9.99. The molecular formula is C18H18Br2F3NO3. The molecule has 148 valence electrons. The third-order valence-corrected chi connectivity index (χ3v) is 4.09. The van der Waals surface area contributed by atoms with Crippen molar-refractivity contribution < 1.29 is 28.2 Å². The van der Waals surface area contributed by atoms with E-state index < -0.39 is 17.7 Å². The van der Waals surface area contributed by atoms with Crippen LogP contribution in [0.15, 0.2) is 48.5 Å². The van der Waals surface area contributed by atoms with E-state index in [0.717, 1.165) is 53.7 Å². The average Bonchev–Trinajstić information content (AvgIpc) is 2.62. The molecule has 0 fully saturated rings. The molecule has 0 aliphatic heterocycles. The molecule has 0 atom stereocenters. The number of carboxylic acid groups (broad SMARTS) is 1. The number of carboxylic acids is 1. The van der Waals surface area contributed by atoms with Crippen LogP contribution in [0.1, 0.15) is 15.9 Å². The molecule has 2 aromatic carbocycles. The fourth-order valence-electron chi connectivity index (χ4n) is 2.04. The Morgan fingerprint density at radius 2 is 1.41 bits per heavy atom. The Morgan fingerprint density at radius 1 is 0.926 bits per heavy atom. The van der Waals surface area contributed by atoms with Gasteiger partial charge in [-0.15, -0.1) is 0 Å². The fourth-order valence-corrected chi connectivity index (χ4v) is 2.90. The SMILES string of the molecule is O=C(O)c1ccc(C(F)(F)F)cc1.Oc1ccc(N(CCBr)CCBr)cc1. The van der Waals surface area contributed by atoms with Crippen LogP contribution in [0.2, 0.25) is 0 Å². The van der Waals surface area contributed by atoms with Crippen LogP contribution in [0.4, 0.5) is 18.9 Å². The number of hydrogen-bond donors (Lipinski definition) is 2. The van der Waals surface area contributed by atoms with Gasteiger partial charge in [0, 0.05) is 29.4 Å². The minimum absolute atomic E-state index is 0.159. The molecule has 0 aliphatic rings. The van der Waals surface area contributed by atoms with Crippen molar-refractivity contribution in [2.24, 2.45) is 0 Å². The fraction of sp³-hybridized carbons (Fsp3) is 0.278. The van der Waals surface area contributed by atoms with Gasteiger partial charge in [-0.2, -0.15) is 13.2 Å². The van der Waals surface area contributed by atoms with Crippen LogP contribution in [-0.2, 0) is 6.18 Å². The quantitative estimate of drug-likeness (QED) is 0.509. The van der Waals surface area contributed by atoms with Gasteiger partial charge in [0.2, 0.25) is 0 Å². The normalized spacial score (nSPS) is 10.7. The van der Waals surface area contributed by atoms with Gasteiger partial charge in [-0.3, -0.25) is 0 Å². The summed E-state index contributed by atoms with van der Waals surface area (Å²) in [7, 11) is 0. The summed E-state index contributed by atoms with van der Waals surface area (Å²) < 4.78 is 35.9. The third kappa shape index (κ3) is 8.21. The molecule has 0 heterocycles. The van der Waals surface area contributed by atoms with Crippen LogP contribution in [0.25, 0.3) is 0 Å². The van der Waals surface area contributed by atoms with E-state index >= 15 is 0 Å². The lowest BCUT2D eigenvalue weighted by atomic mass is 10.1. The zero-order valence-electron chi connectivity index (χ0n) is 14.1. The van der Waals surface area contributed by atoms with Crippen molar-refractivity contribution in [1.29, 1.82) is 0 Å². The van der Waals surface area contributed by atoms with Gasteiger partial charge in [0.15, 0.2) is 0 Å². The minimum atomic E-state index is -4.42. The largest absolute Gasteiger partial charge is 0.508 e. The number of carbonyl (C=O) groups is 1. The second-order valence-electron chi connectivity index (χ2n) is 5.26. The molecule has 2 N–H and O–H groups in total. The van der Waals surface area contributed by atoms with Crippen LogP contribution in [0.5, 0.6) is 5.75 Å². The van der Waals surface area contributed by atoms with Crippen molar-refractivity contribution in [2.45, 2.75) is 6.18 Å². The lowest BCUT2D eigenvalue weighted by Crippen LogP contribution is -2.27. The number of hydrogen-bond acceptors (Lipinski definition) is 3. The molecule has 0 saturated heterocycles. The van der Waals surface area contributed by atoms with E-state index in [-0.39, 0.29) is 5.56 Å². The number of anilines is 1. The Hall–Kier alpha value is -1.74. The Morgan fingerprint density at radius 3 is 1.78 bits per heavy atom. The predicted molar refractivity (Wildman–Crippen MR) is 106 cm³/mol. The van der Waals surface area contributed by atoms with Gasteiger partial charge in [-0.25, -0.2) is 4.79 Å². The first-order chi connectivity index (χ1) is 12.7. The van der Waals surface area contributed by atoms with Crippen LogP contribution < -0.4 is 4.90 Å². The number of halogens is 5. The van der Waals surface area contributed by atoms with Crippen molar-refractivity contribution in [3.05, 3.63) is 59.7 Å². The zero-order valence-corrected chi connectivity index (χ0v) is 17.3. The van der Waals surface area contributed by atoms with Gasteiger partial charge in [-0.1, -0.05) is 31.9 Å². The summed E-state index contributed by atoms with van der Waals surface area (Å²) in [5.74, 6) is -0.930. The van der Waals surface area contributed by atoms with E-state index in [2.05, 4.69) is 36.8 Å². The second-order valence-corrected chi connectivity index (χ2v) is 6.85. The maximum Gasteiger partial charge on any atom is 0.416 e. The average molecular weight is 513 g/mol. The van der Waals surface area contributed by atoms with Crippen molar-refractivity contribution in [2.75, 3.05) is 28.6 Å². The van der Waals surface area contributed by atoms with Gasteiger partial charge in [-0.05, 0) is 48.5 Å². The summed E-state index contributed by atoms with van der Waals surface area (Å²) in [4.78, 5) is 12.5. The maximum atomic E-state index is 12.0. The highest BCUT2D eigenvalue weighted by Crippen LogP contribution is 2.29. The van der Waals surface area contributed by atoms with Crippen LogP contribution >= 0.6 is 31.9 Å². The molecule has 0 unspecified atom stereocenters. The van der Waals surface area contributed by atoms with Gasteiger partial charge in [0.05, 0.1) is 11.1 Å². The van der Waals surface area contributed by atoms with Crippen molar-refractivity contribution >= 4 is 43.5 Å². The number of nitrogens with zero attached hydrogens (tertiary/aromatic N) is 1. The summed E-state index contributed by atoms with van der Waals surface area (Å²) in [5.41, 5.74) is 0.132. The summed E-state index contributed by atoms with van der Waals surface area (Å²) in [6.45, 7) is 1.94. The summed E-state index contributed by atoms with van der Waals surface area (Å²) in [6, 6.07) is 10.6. The van der Waals surface area contributed by atoms with E-state index in [4.69, 9.17) is 10.2 Å². The van der Waals surface area contributed by atoms with Crippen molar-refractivity contribution in [3.63, 3.8) is 0 Å². The monoisotopic (exact) mass is 511 g/mol. The van der Waals surface area contributed by atoms with Gasteiger partial charge < -0.3 is 15.1 Å². The summed E-state index contributed by atoms with van der Waals surface area (Å²) in [6.07, 6.45) is -4.42. The number of rotatable bonds is 6. The molecule has 2 aromatic rings. The molecule has 27 heavy (non-hydrogen) atoms. The number of benzene rings is 2. The summed E-state index contributed by atoms with van der Waals surface area (Å²) >= 11 is 6.85. The van der Waals surface area contributed by atoms with Gasteiger partial charge in [0.25, 0.3) is 0 Å². The molecule has 0 aliphatic carbocycles. The summed E-state index contributed by atoms with van der Waals surface area (Å²) in [5, 5.41) is 19.4. The smallest absolute Gasteiger partial charge is 0.416 e. The second kappa shape index (κ2) is 11.2. The molecule has 0 saturated carbocycles. The molecule has 4 nitrogen and oxygen atoms in total. The van der Waals surface area contributed by atoms with E-state index in [9.17, 15) is 18.0 Å². The standard InChI is InChI=1S/C10H13Br2NO.C8H5F3O2/c11-5-7-13(8-6-12)9-1-3-10(14)4-2-9;9-8(10,11)6-3-1-5(2-4-6)7(12)13/h1-4,14H,5-8H2;1-4H,(H,12,13). The van der Waals surface area contributed by atoms with E-state index in [0.29, 0.717) is 5.75 Å². The van der Waals surface area contributed by atoms with Crippen LogP contribution in [0.3, 0.4) is 0 Å². The minimum Gasteiger partial charge on any atom is -0.508 e. The molecule has 9 heteroatoms. The van der Waals surface area contributed by atoms with E-state index in [1.165, 1.54) is 0 Å². The van der Waals surface area contributed by atoms with E-state index in [1.807, 2.05) is 12.1 Å². The highest BCUT2D eigenvalue weighted by molar-refractivity contribution is 9.09. The van der Waals surface area contributed by atoms with Crippen molar-refractivity contribution in [3.8, 4) is 5.75 Å². The topological polar surface area (TPSA) is 60.8 Å². The third-order valence-electron chi connectivity index (χ3n) is 3.38. The Labute approximate surface area is 171 Å². The van der Waals surface area contributed by atoms with Crippen molar-refractivity contribution in [1.82, 2.24) is 0 Å². The first-order valence-electron chi connectivity index (χ1n) is 7.75. The molecule has 0 amide bonds. The molecule has 2 rings (SSSR count). The maximum absolute atomic E-state index is 12.0. The molecule has 0 radical (unpaired) electrons. The number of alkyl halides is 5.